The Balaban J connectivity index is 1.52. The molecule has 160 valence electrons. The predicted octanol–water partition coefficient (Wildman–Crippen LogP) is 2.82. The molecule has 7 nitrogen and oxygen atoms in total. The molecule has 2 aromatic rings. The van der Waals surface area contributed by atoms with E-state index in [0.717, 1.165) is 43.3 Å². The Morgan fingerprint density at radius 2 is 2.17 bits per heavy atom. The number of nitrogens with one attached hydrogen (secondary N) is 3. The van der Waals surface area contributed by atoms with Crippen molar-refractivity contribution in [1.82, 2.24) is 20.9 Å². The van der Waals surface area contributed by atoms with Crippen molar-refractivity contribution in [3.63, 3.8) is 0 Å². The van der Waals surface area contributed by atoms with Crippen molar-refractivity contribution in [2.75, 3.05) is 31.6 Å². The standard InChI is InChI=1S/C22H29ClN6O/c1-3-10-26-21(30)17-7-4-6-16(13-17)14-27-22(24-2)28-18-9-12-29(15-18)20-19(23)8-5-11-25-20/h4-8,11,13,18H,3,9-10,12,14-15H2,1-2H3,(H,26,30)(H2,24,27,28). The number of aromatic nitrogens is 1. The van der Waals surface area contributed by atoms with Gasteiger partial charge in [-0.1, -0.05) is 30.7 Å². The van der Waals surface area contributed by atoms with Crippen LogP contribution in [0.5, 0.6) is 0 Å². The molecule has 3 rings (SSSR count). The maximum absolute atomic E-state index is 12.2. The molecule has 8 heteroatoms. The SMILES string of the molecule is CCCNC(=O)c1cccc(CNC(=NC)NC2CCN(c3ncccc3Cl)C2)c1. The third-order valence-corrected chi connectivity index (χ3v) is 5.27. The first-order valence-corrected chi connectivity index (χ1v) is 10.7. The average Bonchev–Trinajstić information content (AvgIpc) is 3.23. The smallest absolute Gasteiger partial charge is 0.251 e. The molecule has 0 spiro atoms. The van der Waals surface area contributed by atoms with Crippen molar-refractivity contribution >= 4 is 29.3 Å². The molecular weight excluding hydrogens is 400 g/mol. The number of carbonyl (C=O) groups excluding carboxylic acids is 1. The van der Waals surface area contributed by atoms with E-state index in [1.807, 2.05) is 43.3 Å². The van der Waals surface area contributed by atoms with Crippen molar-refractivity contribution in [1.29, 1.82) is 0 Å². The number of hydrogen-bond donors (Lipinski definition) is 3. The molecule has 0 saturated carbocycles. The van der Waals surface area contributed by atoms with E-state index >= 15 is 0 Å². The average molecular weight is 429 g/mol. The lowest BCUT2D eigenvalue weighted by atomic mass is 10.1. The normalized spacial score (nSPS) is 16.4. The van der Waals surface area contributed by atoms with E-state index in [9.17, 15) is 4.79 Å². The number of guanidine groups is 1. The summed E-state index contributed by atoms with van der Waals surface area (Å²) < 4.78 is 0. The maximum atomic E-state index is 12.2. The quantitative estimate of drug-likeness (QED) is 0.466. The van der Waals surface area contributed by atoms with Crippen LogP contribution >= 0.6 is 11.6 Å². The number of carbonyl (C=O) groups is 1. The van der Waals surface area contributed by atoms with Crippen LogP contribution in [0.15, 0.2) is 47.6 Å². The van der Waals surface area contributed by atoms with Gasteiger partial charge in [0.15, 0.2) is 5.96 Å². The van der Waals surface area contributed by atoms with Crippen LogP contribution in [0.4, 0.5) is 5.82 Å². The van der Waals surface area contributed by atoms with E-state index in [0.29, 0.717) is 23.7 Å². The number of aliphatic imine (C=N–C) groups is 1. The minimum atomic E-state index is -0.0413. The predicted molar refractivity (Wildman–Crippen MR) is 122 cm³/mol. The molecule has 1 aliphatic rings. The molecule has 1 fully saturated rings. The lowest BCUT2D eigenvalue weighted by Gasteiger charge is -2.20. The van der Waals surface area contributed by atoms with Crippen LogP contribution in [0.1, 0.15) is 35.7 Å². The van der Waals surface area contributed by atoms with Crippen molar-refractivity contribution < 1.29 is 4.79 Å². The van der Waals surface area contributed by atoms with Gasteiger partial charge in [0.05, 0.1) is 5.02 Å². The van der Waals surface area contributed by atoms with Crippen molar-refractivity contribution in [3.05, 3.63) is 58.7 Å². The van der Waals surface area contributed by atoms with Gasteiger partial charge in [0.25, 0.3) is 5.91 Å². The number of halogens is 1. The Kier molecular flexibility index (Phi) is 7.90. The summed E-state index contributed by atoms with van der Waals surface area (Å²) in [5, 5.41) is 10.4. The number of benzene rings is 1. The summed E-state index contributed by atoms with van der Waals surface area (Å²) in [5.41, 5.74) is 1.69. The first-order valence-electron chi connectivity index (χ1n) is 10.3. The second-order valence-electron chi connectivity index (χ2n) is 7.27. The minimum absolute atomic E-state index is 0.0413. The van der Waals surface area contributed by atoms with Gasteiger partial charge in [0, 0.05) is 51.0 Å². The van der Waals surface area contributed by atoms with E-state index in [-0.39, 0.29) is 11.9 Å². The van der Waals surface area contributed by atoms with Crippen LogP contribution < -0.4 is 20.9 Å². The Morgan fingerprint density at radius 3 is 2.93 bits per heavy atom. The van der Waals surface area contributed by atoms with Gasteiger partial charge >= 0.3 is 0 Å². The van der Waals surface area contributed by atoms with Gasteiger partial charge in [-0.15, -0.1) is 0 Å². The fourth-order valence-corrected chi connectivity index (χ4v) is 3.66. The molecule has 2 heterocycles. The van der Waals surface area contributed by atoms with Crippen LogP contribution in [0.3, 0.4) is 0 Å². The molecule has 1 aromatic carbocycles. The number of anilines is 1. The first kappa shape index (κ1) is 21.9. The van der Waals surface area contributed by atoms with E-state index in [1.54, 1.807) is 13.2 Å². The van der Waals surface area contributed by atoms with Gasteiger partial charge in [-0.25, -0.2) is 4.98 Å². The summed E-state index contributed by atoms with van der Waals surface area (Å²) in [6, 6.07) is 11.6. The summed E-state index contributed by atoms with van der Waals surface area (Å²) in [4.78, 5) is 23.1. The molecule has 1 saturated heterocycles. The van der Waals surface area contributed by atoms with Gasteiger partial charge < -0.3 is 20.9 Å². The van der Waals surface area contributed by atoms with Crippen LogP contribution in [0.25, 0.3) is 0 Å². The summed E-state index contributed by atoms with van der Waals surface area (Å²) in [7, 11) is 1.76. The number of nitrogens with zero attached hydrogens (tertiary/aromatic N) is 3. The molecule has 1 unspecified atom stereocenters. The molecule has 30 heavy (non-hydrogen) atoms. The van der Waals surface area contributed by atoms with Crippen molar-refractivity contribution in [2.24, 2.45) is 4.99 Å². The second-order valence-corrected chi connectivity index (χ2v) is 7.67. The minimum Gasteiger partial charge on any atom is -0.353 e. The highest BCUT2D eigenvalue weighted by atomic mass is 35.5. The number of hydrogen-bond acceptors (Lipinski definition) is 4. The van der Waals surface area contributed by atoms with E-state index < -0.39 is 0 Å². The highest BCUT2D eigenvalue weighted by Crippen LogP contribution is 2.25. The Bertz CT molecular complexity index is 887. The molecule has 1 aromatic heterocycles. The van der Waals surface area contributed by atoms with Crippen molar-refractivity contribution in [2.45, 2.75) is 32.4 Å². The number of amides is 1. The molecule has 1 aliphatic heterocycles. The fraction of sp³-hybridized carbons (Fsp3) is 0.409. The van der Waals surface area contributed by atoms with Gasteiger partial charge in [0.2, 0.25) is 0 Å². The second kappa shape index (κ2) is 10.8. The van der Waals surface area contributed by atoms with E-state index in [2.05, 4.69) is 30.8 Å². The number of pyridine rings is 1. The third-order valence-electron chi connectivity index (χ3n) is 4.98. The van der Waals surface area contributed by atoms with Gasteiger partial charge in [-0.3, -0.25) is 9.79 Å². The summed E-state index contributed by atoms with van der Waals surface area (Å²) in [6.45, 7) is 5.00. The number of rotatable bonds is 7. The van der Waals surface area contributed by atoms with Gasteiger partial charge in [-0.2, -0.15) is 0 Å². The molecule has 0 bridgehead atoms. The zero-order valence-electron chi connectivity index (χ0n) is 17.5. The Hall–Kier alpha value is -2.80. The van der Waals surface area contributed by atoms with Crippen LogP contribution in [-0.4, -0.2) is 49.6 Å². The Morgan fingerprint density at radius 1 is 1.30 bits per heavy atom. The van der Waals surface area contributed by atoms with Crippen molar-refractivity contribution in [3.8, 4) is 0 Å². The molecular formula is C22H29ClN6O. The molecule has 0 radical (unpaired) electrons. The highest BCUT2D eigenvalue weighted by molar-refractivity contribution is 6.32. The molecule has 0 aliphatic carbocycles. The fourth-order valence-electron chi connectivity index (χ4n) is 3.42. The molecule has 1 amide bonds. The van der Waals surface area contributed by atoms with E-state index in [1.165, 1.54) is 0 Å². The largest absolute Gasteiger partial charge is 0.353 e. The monoisotopic (exact) mass is 428 g/mol. The van der Waals surface area contributed by atoms with Crippen LogP contribution in [-0.2, 0) is 6.54 Å². The maximum Gasteiger partial charge on any atom is 0.251 e. The van der Waals surface area contributed by atoms with Crippen LogP contribution in [0.2, 0.25) is 5.02 Å². The summed E-state index contributed by atoms with van der Waals surface area (Å²) >= 11 is 6.28. The van der Waals surface area contributed by atoms with Crippen LogP contribution in [0, 0.1) is 0 Å². The summed E-state index contributed by atoms with van der Waals surface area (Å²) in [5.74, 6) is 1.51. The zero-order chi connectivity index (χ0) is 21.3. The lowest BCUT2D eigenvalue weighted by Crippen LogP contribution is -2.44. The lowest BCUT2D eigenvalue weighted by molar-refractivity contribution is 0.0953. The molecule has 1 atom stereocenters. The topological polar surface area (TPSA) is 81.6 Å². The summed E-state index contributed by atoms with van der Waals surface area (Å²) in [6.07, 6.45) is 3.65. The van der Waals surface area contributed by atoms with Gasteiger partial charge in [0.1, 0.15) is 5.82 Å². The van der Waals surface area contributed by atoms with Gasteiger partial charge in [-0.05, 0) is 42.7 Å². The highest BCUT2D eigenvalue weighted by Gasteiger charge is 2.25. The van der Waals surface area contributed by atoms with E-state index in [4.69, 9.17) is 11.6 Å². The molecule has 3 N–H and O–H groups in total. The third kappa shape index (κ3) is 5.86. The zero-order valence-corrected chi connectivity index (χ0v) is 18.2. The Labute approximate surface area is 182 Å². The first-order chi connectivity index (χ1) is 14.6.